The van der Waals surface area contributed by atoms with Crippen LogP contribution >= 0.6 is 31.9 Å². The fourth-order valence-corrected chi connectivity index (χ4v) is 3.68. The number of hydrogen-bond donors (Lipinski definition) is 1. The SMILES string of the molecule is CCCC(Br)C1C(N)C1CBr. The molecule has 1 saturated carbocycles. The van der Waals surface area contributed by atoms with Gasteiger partial charge in [-0.25, -0.2) is 0 Å². The van der Waals surface area contributed by atoms with Gasteiger partial charge in [0, 0.05) is 16.2 Å². The van der Waals surface area contributed by atoms with Gasteiger partial charge in [-0.05, 0) is 18.3 Å². The molecule has 4 unspecified atom stereocenters. The number of nitrogens with two attached hydrogens (primary N) is 1. The van der Waals surface area contributed by atoms with Crippen molar-refractivity contribution in [2.24, 2.45) is 17.6 Å². The van der Waals surface area contributed by atoms with Crippen LogP contribution in [-0.4, -0.2) is 16.2 Å². The van der Waals surface area contributed by atoms with Gasteiger partial charge < -0.3 is 5.73 Å². The summed E-state index contributed by atoms with van der Waals surface area (Å²) in [5.41, 5.74) is 5.89. The van der Waals surface area contributed by atoms with Crippen molar-refractivity contribution in [3.8, 4) is 0 Å². The zero-order valence-corrected chi connectivity index (χ0v) is 9.94. The summed E-state index contributed by atoms with van der Waals surface area (Å²) < 4.78 is 0. The van der Waals surface area contributed by atoms with Crippen LogP contribution in [0.5, 0.6) is 0 Å². The van der Waals surface area contributed by atoms with Crippen molar-refractivity contribution < 1.29 is 0 Å². The molecule has 1 nitrogen and oxygen atoms in total. The second-order valence-corrected chi connectivity index (χ2v) is 5.10. The molecule has 3 heteroatoms. The average molecular weight is 285 g/mol. The van der Waals surface area contributed by atoms with Crippen LogP contribution in [0, 0.1) is 11.8 Å². The summed E-state index contributed by atoms with van der Waals surface area (Å²) in [7, 11) is 0. The van der Waals surface area contributed by atoms with Gasteiger partial charge >= 0.3 is 0 Å². The van der Waals surface area contributed by atoms with Crippen LogP contribution in [-0.2, 0) is 0 Å². The third-order valence-electron chi connectivity index (χ3n) is 2.45. The molecule has 0 heterocycles. The molecule has 66 valence electrons. The van der Waals surface area contributed by atoms with Gasteiger partial charge in [0.2, 0.25) is 0 Å². The molecule has 0 aromatic carbocycles. The van der Waals surface area contributed by atoms with E-state index in [9.17, 15) is 0 Å². The summed E-state index contributed by atoms with van der Waals surface area (Å²) in [5.74, 6) is 1.43. The standard InChI is InChI=1S/C8H15Br2N/c1-2-3-6(10)7-5(4-9)8(7)11/h5-8H,2-4,11H2,1H3. The normalized spacial score (nSPS) is 38.7. The second-order valence-electron chi connectivity index (χ2n) is 3.28. The molecule has 0 aromatic rings. The second kappa shape index (κ2) is 4.24. The molecule has 0 saturated heterocycles. The number of halogens is 2. The Labute approximate surface area is 85.4 Å². The highest BCUT2D eigenvalue weighted by Crippen LogP contribution is 2.45. The predicted molar refractivity (Wildman–Crippen MR) is 56.4 cm³/mol. The molecule has 0 radical (unpaired) electrons. The molecule has 0 aliphatic heterocycles. The Morgan fingerprint density at radius 2 is 2.18 bits per heavy atom. The summed E-state index contributed by atoms with van der Waals surface area (Å²) in [4.78, 5) is 0.644. The number of alkyl halides is 2. The Hall–Kier alpha value is 0.920. The maximum atomic E-state index is 5.89. The first-order valence-electron chi connectivity index (χ1n) is 4.18. The molecule has 4 atom stereocenters. The van der Waals surface area contributed by atoms with E-state index in [-0.39, 0.29) is 0 Å². The highest BCUT2D eigenvalue weighted by atomic mass is 79.9. The van der Waals surface area contributed by atoms with Gasteiger partial charge in [0.05, 0.1) is 0 Å². The van der Waals surface area contributed by atoms with E-state index in [4.69, 9.17) is 5.73 Å². The minimum atomic E-state index is 0.435. The minimum Gasteiger partial charge on any atom is -0.327 e. The van der Waals surface area contributed by atoms with Gasteiger partial charge in [0.25, 0.3) is 0 Å². The van der Waals surface area contributed by atoms with E-state index >= 15 is 0 Å². The van der Waals surface area contributed by atoms with Crippen LogP contribution < -0.4 is 5.73 Å². The van der Waals surface area contributed by atoms with Gasteiger partial charge in [-0.2, -0.15) is 0 Å². The van der Waals surface area contributed by atoms with Gasteiger partial charge in [-0.3, -0.25) is 0 Å². The third kappa shape index (κ3) is 2.19. The molecule has 0 spiro atoms. The Balaban J connectivity index is 2.27. The number of rotatable bonds is 4. The van der Waals surface area contributed by atoms with E-state index in [2.05, 4.69) is 38.8 Å². The summed E-state index contributed by atoms with van der Waals surface area (Å²) >= 11 is 7.16. The maximum absolute atomic E-state index is 5.89. The molecule has 1 aliphatic carbocycles. The van der Waals surface area contributed by atoms with Crippen LogP contribution in [0.25, 0.3) is 0 Å². The van der Waals surface area contributed by atoms with Crippen molar-refractivity contribution in [1.29, 1.82) is 0 Å². The van der Waals surface area contributed by atoms with E-state index < -0.39 is 0 Å². The van der Waals surface area contributed by atoms with Crippen molar-refractivity contribution >= 4 is 31.9 Å². The van der Waals surface area contributed by atoms with Crippen molar-refractivity contribution in [2.45, 2.75) is 30.6 Å². The first kappa shape index (κ1) is 10.0. The minimum absolute atomic E-state index is 0.435. The molecular formula is C8H15Br2N. The predicted octanol–water partition coefficient (Wildman–Crippen LogP) is 2.52. The van der Waals surface area contributed by atoms with Gasteiger partial charge in [-0.1, -0.05) is 45.2 Å². The van der Waals surface area contributed by atoms with Gasteiger partial charge in [0.1, 0.15) is 0 Å². The zero-order valence-electron chi connectivity index (χ0n) is 6.76. The first-order chi connectivity index (χ1) is 5.22. The van der Waals surface area contributed by atoms with E-state index in [1.165, 1.54) is 12.8 Å². The molecule has 1 aliphatic rings. The Morgan fingerprint density at radius 3 is 2.55 bits per heavy atom. The van der Waals surface area contributed by atoms with Crippen LogP contribution in [0.3, 0.4) is 0 Å². The average Bonchev–Trinajstić information content (AvgIpc) is 2.61. The molecule has 2 N–H and O–H groups in total. The highest BCUT2D eigenvalue weighted by Gasteiger charge is 2.49. The third-order valence-corrected chi connectivity index (χ3v) is 4.27. The van der Waals surface area contributed by atoms with Crippen molar-refractivity contribution in [2.75, 3.05) is 5.33 Å². The van der Waals surface area contributed by atoms with Crippen molar-refractivity contribution in [3.05, 3.63) is 0 Å². The smallest absolute Gasteiger partial charge is 0.0192 e. The van der Waals surface area contributed by atoms with E-state index in [0.29, 0.717) is 22.7 Å². The zero-order chi connectivity index (χ0) is 8.43. The molecule has 1 rings (SSSR count). The molecule has 0 bridgehead atoms. The van der Waals surface area contributed by atoms with Crippen LogP contribution in [0.15, 0.2) is 0 Å². The topological polar surface area (TPSA) is 26.0 Å². The van der Waals surface area contributed by atoms with Crippen LogP contribution in [0.4, 0.5) is 0 Å². The quantitative estimate of drug-likeness (QED) is 0.789. The Morgan fingerprint density at radius 1 is 1.55 bits per heavy atom. The lowest BCUT2D eigenvalue weighted by Crippen LogP contribution is -2.09. The van der Waals surface area contributed by atoms with Crippen molar-refractivity contribution in [3.63, 3.8) is 0 Å². The lowest BCUT2D eigenvalue weighted by Gasteiger charge is -2.05. The van der Waals surface area contributed by atoms with Crippen molar-refractivity contribution in [1.82, 2.24) is 0 Å². The molecule has 0 aromatic heterocycles. The lowest BCUT2D eigenvalue weighted by atomic mass is 10.1. The molecule has 0 amide bonds. The molecule has 11 heavy (non-hydrogen) atoms. The number of hydrogen-bond acceptors (Lipinski definition) is 1. The van der Waals surface area contributed by atoms with E-state index in [1.807, 2.05) is 0 Å². The first-order valence-corrected chi connectivity index (χ1v) is 6.21. The van der Waals surface area contributed by atoms with E-state index in [0.717, 1.165) is 5.33 Å². The lowest BCUT2D eigenvalue weighted by molar-refractivity contribution is 0.644. The van der Waals surface area contributed by atoms with Crippen LogP contribution in [0.2, 0.25) is 0 Å². The summed E-state index contributed by atoms with van der Waals surface area (Å²) in [6, 6.07) is 0.435. The fourth-order valence-electron chi connectivity index (χ4n) is 1.61. The summed E-state index contributed by atoms with van der Waals surface area (Å²) in [5, 5.41) is 1.06. The fraction of sp³-hybridized carbons (Fsp3) is 1.00. The largest absolute Gasteiger partial charge is 0.327 e. The van der Waals surface area contributed by atoms with Crippen LogP contribution in [0.1, 0.15) is 19.8 Å². The monoisotopic (exact) mass is 283 g/mol. The summed E-state index contributed by atoms with van der Waals surface area (Å²) in [6.45, 7) is 2.21. The molecule has 1 fully saturated rings. The van der Waals surface area contributed by atoms with Gasteiger partial charge in [-0.15, -0.1) is 0 Å². The summed E-state index contributed by atoms with van der Waals surface area (Å²) in [6.07, 6.45) is 2.50. The highest BCUT2D eigenvalue weighted by molar-refractivity contribution is 9.09. The Bertz CT molecular complexity index is 129. The maximum Gasteiger partial charge on any atom is 0.0192 e. The van der Waals surface area contributed by atoms with Gasteiger partial charge in [0.15, 0.2) is 0 Å². The Kier molecular flexibility index (Phi) is 3.86. The van der Waals surface area contributed by atoms with E-state index in [1.54, 1.807) is 0 Å². The molecular weight excluding hydrogens is 270 g/mol.